The second-order valence-electron chi connectivity index (χ2n) is 4.54. The molecule has 0 aromatic carbocycles. The van der Waals surface area contributed by atoms with Gasteiger partial charge in [-0.25, -0.2) is 0 Å². The fraction of sp³-hybridized carbons (Fsp3) is 0.444. The van der Waals surface area contributed by atoms with Crippen molar-refractivity contribution in [1.82, 2.24) is 0 Å². The third-order valence-corrected chi connectivity index (χ3v) is 5.13. The molecule has 0 aliphatic carbocycles. The van der Waals surface area contributed by atoms with E-state index in [1.807, 2.05) is 20.8 Å². The zero-order valence-corrected chi connectivity index (χ0v) is 11.4. The van der Waals surface area contributed by atoms with Crippen molar-refractivity contribution in [3.63, 3.8) is 0 Å². The molecule has 0 unspecified atom stereocenters. The van der Waals surface area contributed by atoms with Crippen molar-refractivity contribution in [2.24, 2.45) is 9.81 Å². The molecule has 88 valence electrons. The minimum Gasteiger partial charge on any atom is -0.341 e. The highest BCUT2D eigenvalue weighted by Crippen LogP contribution is 2.39. The van der Waals surface area contributed by atoms with Crippen molar-refractivity contribution < 1.29 is 8.42 Å². The maximum atomic E-state index is 11.9. The number of amidine groups is 1. The third kappa shape index (κ3) is 1.97. The highest BCUT2D eigenvalue weighted by molar-refractivity contribution is 7.92. The molecule has 1 N–H and O–H groups in total. The topological polar surface area (TPSA) is 58.5 Å². The van der Waals surface area contributed by atoms with Crippen LogP contribution in [0.1, 0.15) is 20.8 Å². The molecule has 16 heavy (non-hydrogen) atoms. The van der Waals surface area contributed by atoms with Gasteiger partial charge in [0, 0.05) is 5.41 Å². The molecule has 2 heterocycles. The Morgan fingerprint density at radius 2 is 2.06 bits per heavy atom. The Bertz CT molecular complexity index is 567. The van der Waals surface area contributed by atoms with Crippen LogP contribution >= 0.6 is 22.9 Å². The van der Waals surface area contributed by atoms with E-state index in [2.05, 4.69) is 9.71 Å². The predicted octanol–water partition coefficient (Wildman–Crippen LogP) is 2.96. The SMILES string of the molecule is CC(C)(C)C1=NS(=O)(=O)c2sc(Cl)cc2N1. The minimum absolute atomic E-state index is 0.186. The summed E-state index contributed by atoms with van der Waals surface area (Å²) in [5, 5.41) is 3.01. The third-order valence-electron chi connectivity index (χ3n) is 2.08. The Labute approximate surface area is 103 Å². The number of hydrogen-bond acceptors (Lipinski definition) is 4. The monoisotopic (exact) mass is 278 g/mol. The Balaban J connectivity index is 2.60. The minimum atomic E-state index is -3.59. The van der Waals surface area contributed by atoms with E-state index < -0.39 is 10.0 Å². The molecular weight excluding hydrogens is 268 g/mol. The summed E-state index contributed by atoms with van der Waals surface area (Å²) < 4.78 is 28.1. The quantitative estimate of drug-likeness (QED) is 0.794. The molecule has 0 amide bonds. The average Bonchev–Trinajstić information content (AvgIpc) is 2.43. The van der Waals surface area contributed by atoms with Gasteiger partial charge in [-0.2, -0.15) is 8.42 Å². The van der Waals surface area contributed by atoms with Gasteiger partial charge in [-0.3, -0.25) is 0 Å². The largest absolute Gasteiger partial charge is 0.341 e. The number of sulfonamides is 1. The Hall–Kier alpha value is -0.590. The molecule has 0 spiro atoms. The van der Waals surface area contributed by atoms with Crippen LogP contribution in [-0.2, 0) is 10.0 Å². The first-order valence-corrected chi connectivity index (χ1v) is 7.25. The van der Waals surface area contributed by atoms with Crippen LogP contribution in [0.15, 0.2) is 14.7 Å². The number of nitrogens with zero attached hydrogens (tertiary/aromatic N) is 1. The fourth-order valence-corrected chi connectivity index (χ4v) is 4.15. The fourth-order valence-electron chi connectivity index (χ4n) is 1.26. The normalized spacial score (nSPS) is 18.6. The number of thiophene rings is 1. The Morgan fingerprint density at radius 1 is 1.44 bits per heavy atom. The lowest BCUT2D eigenvalue weighted by atomic mass is 9.95. The van der Waals surface area contributed by atoms with Crippen molar-refractivity contribution >= 4 is 44.5 Å². The van der Waals surface area contributed by atoms with Crippen LogP contribution in [0.2, 0.25) is 4.34 Å². The summed E-state index contributed by atoms with van der Waals surface area (Å²) in [7, 11) is -3.59. The molecule has 0 bridgehead atoms. The first-order chi connectivity index (χ1) is 7.20. The molecule has 1 aliphatic rings. The van der Waals surface area contributed by atoms with E-state index in [0.717, 1.165) is 11.3 Å². The van der Waals surface area contributed by atoms with Gasteiger partial charge in [-0.15, -0.1) is 15.7 Å². The predicted molar refractivity (Wildman–Crippen MR) is 67.0 cm³/mol. The lowest BCUT2D eigenvalue weighted by Crippen LogP contribution is -2.31. The van der Waals surface area contributed by atoms with E-state index >= 15 is 0 Å². The number of hydrogen-bond donors (Lipinski definition) is 1. The number of fused-ring (bicyclic) bond motifs is 1. The Morgan fingerprint density at radius 3 is 2.62 bits per heavy atom. The van der Waals surface area contributed by atoms with Crippen LogP contribution in [0.25, 0.3) is 0 Å². The van der Waals surface area contributed by atoms with Crippen molar-refractivity contribution in [3.8, 4) is 0 Å². The van der Waals surface area contributed by atoms with Crippen LogP contribution in [0.5, 0.6) is 0 Å². The van der Waals surface area contributed by atoms with E-state index in [9.17, 15) is 8.42 Å². The van der Waals surface area contributed by atoms with Gasteiger partial charge in [0.25, 0.3) is 10.0 Å². The molecule has 1 aromatic rings. The maximum Gasteiger partial charge on any atom is 0.295 e. The lowest BCUT2D eigenvalue weighted by molar-refractivity contribution is 0.579. The number of nitrogens with one attached hydrogen (secondary N) is 1. The second-order valence-corrected chi connectivity index (χ2v) is 8.02. The van der Waals surface area contributed by atoms with Crippen LogP contribution < -0.4 is 5.32 Å². The zero-order chi connectivity index (χ0) is 12.1. The molecule has 0 fully saturated rings. The van der Waals surface area contributed by atoms with E-state index in [4.69, 9.17) is 11.6 Å². The van der Waals surface area contributed by atoms with Crippen LogP contribution in [0.3, 0.4) is 0 Å². The van der Waals surface area contributed by atoms with Crippen molar-refractivity contribution in [2.75, 3.05) is 5.32 Å². The highest BCUT2D eigenvalue weighted by Gasteiger charge is 2.32. The number of rotatable bonds is 0. The summed E-state index contributed by atoms with van der Waals surface area (Å²) >= 11 is 6.82. The molecule has 0 saturated heterocycles. The summed E-state index contributed by atoms with van der Waals surface area (Å²) in [6.07, 6.45) is 0. The van der Waals surface area contributed by atoms with Gasteiger partial charge in [0.2, 0.25) is 0 Å². The lowest BCUT2D eigenvalue weighted by Gasteiger charge is -2.25. The molecule has 0 saturated carbocycles. The first kappa shape index (κ1) is 11.9. The molecule has 4 nitrogen and oxygen atoms in total. The Kier molecular flexibility index (Phi) is 2.56. The van der Waals surface area contributed by atoms with Gasteiger partial charge in [0.05, 0.1) is 10.0 Å². The van der Waals surface area contributed by atoms with Gasteiger partial charge in [-0.05, 0) is 6.07 Å². The van der Waals surface area contributed by atoms with Crippen LogP contribution in [0, 0.1) is 5.41 Å². The highest BCUT2D eigenvalue weighted by atomic mass is 35.5. The van der Waals surface area contributed by atoms with Crippen LogP contribution in [-0.4, -0.2) is 14.3 Å². The second kappa shape index (κ2) is 3.45. The molecule has 0 radical (unpaired) electrons. The van der Waals surface area contributed by atoms with Gasteiger partial charge in [0.1, 0.15) is 5.84 Å². The van der Waals surface area contributed by atoms with Gasteiger partial charge < -0.3 is 5.32 Å². The average molecular weight is 279 g/mol. The smallest absolute Gasteiger partial charge is 0.295 e. The summed E-state index contributed by atoms with van der Waals surface area (Å²) in [5.74, 6) is 0.439. The van der Waals surface area contributed by atoms with Crippen molar-refractivity contribution in [3.05, 3.63) is 10.4 Å². The first-order valence-electron chi connectivity index (χ1n) is 4.62. The standard InChI is InChI=1S/C9H11ClN2O2S2/c1-9(2,3)8-11-5-4-6(10)15-7(5)16(13,14)12-8/h4H,1-3H3,(H,11,12). The van der Waals surface area contributed by atoms with E-state index in [0.29, 0.717) is 15.9 Å². The molecule has 2 rings (SSSR count). The summed E-state index contributed by atoms with van der Waals surface area (Å²) in [5.41, 5.74) is 0.175. The van der Waals surface area contributed by atoms with E-state index in [-0.39, 0.29) is 9.62 Å². The van der Waals surface area contributed by atoms with Gasteiger partial charge in [-0.1, -0.05) is 32.4 Å². The summed E-state index contributed by atoms with van der Waals surface area (Å²) in [6.45, 7) is 5.69. The van der Waals surface area contributed by atoms with Gasteiger partial charge in [0.15, 0.2) is 4.21 Å². The molecular formula is C9H11ClN2O2S2. The molecule has 0 atom stereocenters. The van der Waals surface area contributed by atoms with E-state index in [1.54, 1.807) is 6.07 Å². The number of anilines is 1. The van der Waals surface area contributed by atoms with Crippen LogP contribution in [0.4, 0.5) is 5.69 Å². The van der Waals surface area contributed by atoms with Crippen molar-refractivity contribution in [1.29, 1.82) is 0 Å². The zero-order valence-electron chi connectivity index (χ0n) is 9.04. The summed E-state index contributed by atoms with van der Waals surface area (Å²) in [4.78, 5) is 0. The maximum absolute atomic E-state index is 11.9. The molecule has 7 heteroatoms. The van der Waals surface area contributed by atoms with Crippen molar-refractivity contribution in [2.45, 2.75) is 25.0 Å². The summed E-state index contributed by atoms with van der Waals surface area (Å²) in [6, 6.07) is 1.61. The van der Waals surface area contributed by atoms with Gasteiger partial charge >= 0.3 is 0 Å². The molecule has 1 aromatic heterocycles. The van der Waals surface area contributed by atoms with E-state index in [1.165, 1.54) is 0 Å². The number of halogens is 1. The molecule has 1 aliphatic heterocycles.